The number of rotatable bonds is 5. The van der Waals surface area contributed by atoms with E-state index in [4.69, 9.17) is 32.0 Å². The molecular weight excluding hydrogens is 375 g/mol. The maximum Gasteiger partial charge on any atom is 0.262 e. The summed E-state index contributed by atoms with van der Waals surface area (Å²) in [6.45, 7) is 0.187. The van der Waals surface area contributed by atoms with Crippen LogP contribution >= 0.6 is 23.2 Å². The van der Waals surface area contributed by atoms with E-state index < -0.39 is 5.91 Å². The average molecular weight is 387 g/mol. The Morgan fingerprint density at radius 1 is 1.23 bits per heavy atom. The second-order valence-electron chi connectivity index (χ2n) is 5.26. The third kappa shape index (κ3) is 4.17. The first-order valence-electron chi connectivity index (χ1n) is 7.54. The number of nitriles is 1. The molecule has 0 fully saturated rings. The van der Waals surface area contributed by atoms with Gasteiger partial charge in [0.1, 0.15) is 28.9 Å². The Balaban J connectivity index is 1.77. The largest absolute Gasteiger partial charge is 0.467 e. The summed E-state index contributed by atoms with van der Waals surface area (Å²) < 4.78 is 10.8. The van der Waals surface area contributed by atoms with Crippen LogP contribution in [0.5, 0.6) is 0 Å². The van der Waals surface area contributed by atoms with Gasteiger partial charge >= 0.3 is 0 Å². The predicted octanol–water partition coefficient (Wildman–Crippen LogP) is 5.07. The van der Waals surface area contributed by atoms with Gasteiger partial charge in [0.25, 0.3) is 5.91 Å². The number of carbonyl (C=O) groups is 1. The van der Waals surface area contributed by atoms with Crippen molar-refractivity contribution in [1.82, 2.24) is 5.32 Å². The van der Waals surface area contributed by atoms with E-state index in [2.05, 4.69) is 5.32 Å². The van der Waals surface area contributed by atoms with Gasteiger partial charge in [-0.05, 0) is 42.5 Å². The number of hydrogen-bond donors (Lipinski definition) is 1. The minimum Gasteiger partial charge on any atom is -0.467 e. The van der Waals surface area contributed by atoms with Gasteiger partial charge in [0, 0.05) is 16.7 Å². The number of nitrogens with one attached hydrogen (secondary N) is 1. The fourth-order valence-corrected chi connectivity index (χ4v) is 2.61. The molecule has 0 radical (unpaired) electrons. The van der Waals surface area contributed by atoms with Crippen LogP contribution in [0.2, 0.25) is 10.0 Å². The molecule has 26 heavy (non-hydrogen) atoms. The topological polar surface area (TPSA) is 79.2 Å². The SMILES string of the molecule is N#CC(=Cc1ccc(-c2cc(Cl)ccc2Cl)o1)C(=O)NCc1ccco1. The summed E-state index contributed by atoms with van der Waals surface area (Å²) in [5, 5.41) is 12.8. The third-order valence-corrected chi connectivity index (χ3v) is 4.04. The van der Waals surface area contributed by atoms with Gasteiger partial charge in [-0.3, -0.25) is 4.79 Å². The molecule has 130 valence electrons. The summed E-state index contributed by atoms with van der Waals surface area (Å²) in [6, 6.07) is 13.7. The van der Waals surface area contributed by atoms with Crippen LogP contribution in [0.3, 0.4) is 0 Å². The van der Waals surface area contributed by atoms with Crippen LogP contribution in [-0.4, -0.2) is 5.91 Å². The Morgan fingerprint density at radius 3 is 2.81 bits per heavy atom. The predicted molar refractivity (Wildman–Crippen MR) is 98.3 cm³/mol. The van der Waals surface area contributed by atoms with E-state index in [0.29, 0.717) is 32.9 Å². The summed E-state index contributed by atoms with van der Waals surface area (Å²) >= 11 is 12.1. The highest BCUT2D eigenvalue weighted by molar-refractivity contribution is 6.35. The second kappa shape index (κ2) is 7.96. The lowest BCUT2D eigenvalue weighted by molar-refractivity contribution is -0.117. The molecule has 0 aliphatic heterocycles. The number of amides is 1. The van der Waals surface area contributed by atoms with E-state index >= 15 is 0 Å². The van der Waals surface area contributed by atoms with Gasteiger partial charge in [0.05, 0.1) is 17.8 Å². The molecule has 2 aromatic heterocycles. The Labute approximate surface area is 159 Å². The molecule has 1 aromatic carbocycles. The Kier molecular flexibility index (Phi) is 5.47. The number of carbonyl (C=O) groups excluding carboxylic acids is 1. The van der Waals surface area contributed by atoms with E-state index in [1.54, 1.807) is 42.5 Å². The van der Waals surface area contributed by atoms with Crippen molar-refractivity contribution in [2.75, 3.05) is 0 Å². The maximum atomic E-state index is 12.1. The molecule has 3 aromatic rings. The highest BCUT2D eigenvalue weighted by atomic mass is 35.5. The van der Waals surface area contributed by atoms with Gasteiger partial charge in [-0.25, -0.2) is 0 Å². The Morgan fingerprint density at radius 2 is 2.08 bits per heavy atom. The number of halogens is 2. The molecule has 1 amide bonds. The van der Waals surface area contributed by atoms with E-state index in [1.807, 2.05) is 6.07 Å². The highest BCUT2D eigenvalue weighted by Crippen LogP contribution is 2.32. The van der Waals surface area contributed by atoms with Gasteiger partial charge < -0.3 is 14.2 Å². The summed E-state index contributed by atoms with van der Waals surface area (Å²) in [6.07, 6.45) is 2.87. The summed E-state index contributed by atoms with van der Waals surface area (Å²) in [4.78, 5) is 12.1. The Hall–Kier alpha value is -2.94. The fourth-order valence-electron chi connectivity index (χ4n) is 2.23. The third-order valence-electron chi connectivity index (χ3n) is 3.48. The standard InChI is InChI=1S/C19H12Cl2N2O3/c20-13-3-5-17(21)16(9-13)18-6-4-14(26-18)8-12(10-22)19(24)23-11-15-2-1-7-25-15/h1-9H,11H2,(H,23,24). The van der Waals surface area contributed by atoms with Crippen LogP contribution in [0, 0.1) is 11.3 Å². The van der Waals surface area contributed by atoms with Gasteiger partial charge in [0.2, 0.25) is 0 Å². The van der Waals surface area contributed by atoms with Crippen molar-refractivity contribution >= 4 is 35.2 Å². The molecule has 7 heteroatoms. The van der Waals surface area contributed by atoms with Crippen LogP contribution in [0.4, 0.5) is 0 Å². The number of hydrogen-bond acceptors (Lipinski definition) is 4. The van der Waals surface area contributed by atoms with Crippen molar-refractivity contribution in [1.29, 1.82) is 5.26 Å². The molecule has 0 spiro atoms. The lowest BCUT2D eigenvalue weighted by Crippen LogP contribution is -2.23. The first kappa shape index (κ1) is 17.9. The van der Waals surface area contributed by atoms with E-state index in [-0.39, 0.29) is 12.1 Å². The summed E-state index contributed by atoms with van der Waals surface area (Å²) in [5.74, 6) is 0.895. The monoisotopic (exact) mass is 386 g/mol. The fraction of sp³-hybridized carbons (Fsp3) is 0.0526. The number of nitrogens with zero attached hydrogens (tertiary/aromatic N) is 1. The molecule has 2 heterocycles. The van der Waals surface area contributed by atoms with Crippen LogP contribution in [-0.2, 0) is 11.3 Å². The first-order chi connectivity index (χ1) is 12.6. The maximum absolute atomic E-state index is 12.1. The molecule has 0 aliphatic rings. The van der Waals surface area contributed by atoms with Crippen LogP contribution < -0.4 is 5.32 Å². The molecule has 0 unspecified atom stereocenters. The molecule has 3 rings (SSSR count). The minimum absolute atomic E-state index is 0.0883. The van der Waals surface area contributed by atoms with Gasteiger partial charge in [-0.1, -0.05) is 23.2 Å². The van der Waals surface area contributed by atoms with Gasteiger partial charge in [-0.2, -0.15) is 5.26 Å². The first-order valence-corrected chi connectivity index (χ1v) is 8.30. The van der Waals surface area contributed by atoms with Crippen LogP contribution in [0.1, 0.15) is 11.5 Å². The van der Waals surface area contributed by atoms with Crippen molar-refractivity contribution < 1.29 is 13.6 Å². The second-order valence-corrected chi connectivity index (χ2v) is 6.10. The van der Waals surface area contributed by atoms with Crippen molar-refractivity contribution in [3.8, 4) is 17.4 Å². The Bertz CT molecular complexity index is 998. The lowest BCUT2D eigenvalue weighted by atomic mass is 10.2. The van der Waals surface area contributed by atoms with Gasteiger partial charge in [0.15, 0.2) is 0 Å². The average Bonchev–Trinajstić information content (AvgIpc) is 3.31. The van der Waals surface area contributed by atoms with E-state index in [0.717, 1.165) is 0 Å². The smallest absolute Gasteiger partial charge is 0.262 e. The number of benzene rings is 1. The van der Waals surface area contributed by atoms with Crippen LogP contribution in [0.15, 0.2) is 63.1 Å². The molecule has 0 atom stereocenters. The molecule has 0 saturated heterocycles. The zero-order chi connectivity index (χ0) is 18.5. The number of furan rings is 2. The van der Waals surface area contributed by atoms with E-state index in [1.165, 1.54) is 12.3 Å². The molecular formula is C19H12Cl2N2O3. The zero-order valence-electron chi connectivity index (χ0n) is 13.3. The van der Waals surface area contributed by atoms with E-state index in [9.17, 15) is 10.1 Å². The molecule has 5 nitrogen and oxygen atoms in total. The van der Waals surface area contributed by atoms with Crippen LogP contribution in [0.25, 0.3) is 17.4 Å². The molecule has 1 N–H and O–H groups in total. The molecule has 0 aliphatic carbocycles. The normalized spacial score (nSPS) is 11.2. The van der Waals surface area contributed by atoms with Crippen molar-refractivity contribution in [2.45, 2.75) is 6.54 Å². The summed E-state index contributed by atoms with van der Waals surface area (Å²) in [7, 11) is 0. The molecule has 0 bridgehead atoms. The summed E-state index contributed by atoms with van der Waals surface area (Å²) in [5.41, 5.74) is 0.536. The highest BCUT2D eigenvalue weighted by Gasteiger charge is 2.13. The quantitative estimate of drug-likeness (QED) is 0.490. The minimum atomic E-state index is -0.525. The van der Waals surface area contributed by atoms with Gasteiger partial charge in [-0.15, -0.1) is 0 Å². The van der Waals surface area contributed by atoms with Crippen molar-refractivity contribution in [2.24, 2.45) is 0 Å². The van der Waals surface area contributed by atoms with Crippen molar-refractivity contribution in [3.05, 3.63) is 75.9 Å². The molecule has 0 saturated carbocycles. The lowest BCUT2D eigenvalue weighted by Gasteiger charge is -2.02. The zero-order valence-corrected chi connectivity index (χ0v) is 14.8. The van der Waals surface area contributed by atoms with Crippen molar-refractivity contribution in [3.63, 3.8) is 0 Å².